The molecule has 12 heteroatoms. The number of fused-ring (bicyclic) bond motifs is 1. The van der Waals surface area contributed by atoms with Crippen molar-refractivity contribution in [3.63, 3.8) is 0 Å². The predicted molar refractivity (Wildman–Crippen MR) is 140 cm³/mol. The van der Waals surface area contributed by atoms with Gasteiger partial charge >= 0.3 is 18.0 Å². The van der Waals surface area contributed by atoms with Gasteiger partial charge in [-0.25, -0.2) is 9.59 Å². The van der Waals surface area contributed by atoms with E-state index in [4.69, 9.17) is 9.47 Å². The van der Waals surface area contributed by atoms with E-state index < -0.39 is 34.5 Å². The van der Waals surface area contributed by atoms with Crippen molar-refractivity contribution in [1.29, 1.82) is 0 Å². The SMILES string of the molecule is Cc1cn(C(=O)OC(C)(C)C)nc1CC1(c2cccc(-n3cc4c(C(F)(F)F)cc(Br)cn4c3=O)c2)COC1. The lowest BCUT2D eigenvalue weighted by Gasteiger charge is -2.42. The second-order valence-electron chi connectivity index (χ2n) is 10.8. The summed E-state index contributed by atoms with van der Waals surface area (Å²) >= 11 is 3.07. The zero-order valence-electron chi connectivity index (χ0n) is 21.7. The predicted octanol–water partition coefficient (Wildman–Crippen LogP) is 5.67. The summed E-state index contributed by atoms with van der Waals surface area (Å²) in [5.74, 6) is 0. The van der Waals surface area contributed by atoms with Crippen LogP contribution in [0, 0.1) is 6.92 Å². The molecular weight excluding hydrogens is 581 g/mol. The maximum atomic E-state index is 13.7. The highest BCUT2D eigenvalue weighted by atomic mass is 79.9. The van der Waals surface area contributed by atoms with Crippen molar-refractivity contribution in [2.45, 2.75) is 51.3 Å². The molecule has 0 atom stereocenters. The van der Waals surface area contributed by atoms with Gasteiger partial charge in [-0.1, -0.05) is 12.1 Å². The molecule has 0 amide bonds. The molecule has 8 nitrogen and oxygen atoms in total. The van der Waals surface area contributed by atoms with E-state index in [-0.39, 0.29) is 9.99 Å². The minimum Gasteiger partial charge on any atom is -0.442 e. The Balaban J connectivity index is 1.51. The maximum absolute atomic E-state index is 13.7. The molecule has 1 aliphatic heterocycles. The Kier molecular flexibility index (Phi) is 6.53. The summed E-state index contributed by atoms with van der Waals surface area (Å²) in [7, 11) is 0. The van der Waals surface area contributed by atoms with E-state index in [1.54, 1.807) is 45.2 Å². The largest absolute Gasteiger partial charge is 0.442 e. The number of carbonyl (C=O) groups is 1. The van der Waals surface area contributed by atoms with Gasteiger partial charge in [-0.2, -0.15) is 23.0 Å². The lowest BCUT2D eigenvalue weighted by atomic mass is 9.74. The Morgan fingerprint density at radius 3 is 2.49 bits per heavy atom. The molecule has 206 valence electrons. The van der Waals surface area contributed by atoms with Crippen molar-refractivity contribution in [3.8, 4) is 5.69 Å². The number of hydrogen-bond donors (Lipinski definition) is 0. The highest BCUT2D eigenvalue weighted by Crippen LogP contribution is 2.38. The van der Waals surface area contributed by atoms with Crippen LogP contribution in [-0.4, -0.2) is 43.7 Å². The zero-order valence-corrected chi connectivity index (χ0v) is 23.3. The quantitative estimate of drug-likeness (QED) is 0.299. The third-order valence-corrected chi connectivity index (χ3v) is 7.05. The molecule has 0 N–H and O–H groups in total. The molecule has 3 aromatic heterocycles. The average Bonchev–Trinajstić information content (AvgIpc) is 3.34. The van der Waals surface area contributed by atoms with Crippen LogP contribution in [0.15, 0.2) is 58.2 Å². The number of imidazole rings is 1. The van der Waals surface area contributed by atoms with Gasteiger partial charge < -0.3 is 9.47 Å². The van der Waals surface area contributed by atoms with E-state index in [1.165, 1.54) is 21.6 Å². The number of halogens is 4. The van der Waals surface area contributed by atoms with Gasteiger partial charge in [0, 0.05) is 34.9 Å². The van der Waals surface area contributed by atoms with E-state index in [1.807, 2.05) is 13.0 Å². The van der Waals surface area contributed by atoms with Crippen LogP contribution in [0.5, 0.6) is 0 Å². The fourth-order valence-corrected chi connectivity index (χ4v) is 5.10. The van der Waals surface area contributed by atoms with Crippen molar-refractivity contribution in [2.24, 2.45) is 0 Å². The van der Waals surface area contributed by atoms with Gasteiger partial charge in [0.25, 0.3) is 0 Å². The van der Waals surface area contributed by atoms with Crippen molar-refractivity contribution in [3.05, 3.63) is 86.3 Å². The van der Waals surface area contributed by atoms with Crippen molar-refractivity contribution >= 4 is 27.5 Å². The number of benzene rings is 1. The van der Waals surface area contributed by atoms with Gasteiger partial charge in [-0.3, -0.25) is 8.97 Å². The third-order valence-electron chi connectivity index (χ3n) is 6.62. The van der Waals surface area contributed by atoms with Gasteiger partial charge in [0.15, 0.2) is 0 Å². The molecule has 0 radical (unpaired) electrons. The van der Waals surface area contributed by atoms with Gasteiger partial charge in [0.2, 0.25) is 0 Å². The van der Waals surface area contributed by atoms with Crippen LogP contribution in [-0.2, 0) is 27.5 Å². The second-order valence-corrected chi connectivity index (χ2v) is 11.7. The third kappa shape index (κ3) is 5.14. The first-order chi connectivity index (χ1) is 18.2. The number of alkyl halides is 3. The summed E-state index contributed by atoms with van der Waals surface area (Å²) in [6, 6.07) is 8.06. The molecule has 5 rings (SSSR count). The molecule has 4 aromatic rings. The number of carbonyl (C=O) groups excluding carboxylic acids is 1. The summed E-state index contributed by atoms with van der Waals surface area (Å²) < 4.78 is 55.6. The number of rotatable bonds is 4. The Labute approximate surface area is 230 Å². The summed E-state index contributed by atoms with van der Waals surface area (Å²) in [5.41, 5.74) is -0.167. The summed E-state index contributed by atoms with van der Waals surface area (Å²) in [6.45, 7) is 7.95. The Morgan fingerprint density at radius 2 is 1.87 bits per heavy atom. The highest BCUT2D eigenvalue weighted by Gasteiger charge is 2.42. The molecule has 0 unspecified atom stereocenters. The first kappa shape index (κ1) is 27.2. The monoisotopic (exact) mass is 606 g/mol. The van der Waals surface area contributed by atoms with Gasteiger partial charge in [0.05, 0.1) is 35.7 Å². The Hall–Kier alpha value is -3.38. The number of hydrogen-bond acceptors (Lipinski definition) is 5. The molecule has 39 heavy (non-hydrogen) atoms. The van der Waals surface area contributed by atoms with E-state index in [0.717, 1.165) is 21.6 Å². The van der Waals surface area contributed by atoms with Crippen LogP contribution >= 0.6 is 15.9 Å². The summed E-state index contributed by atoms with van der Waals surface area (Å²) in [5, 5.41) is 4.47. The number of nitrogens with zero attached hydrogens (tertiary/aromatic N) is 4. The van der Waals surface area contributed by atoms with Crippen molar-refractivity contribution in [2.75, 3.05) is 13.2 Å². The average molecular weight is 607 g/mol. The minimum atomic E-state index is -4.64. The summed E-state index contributed by atoms with van der Waals surface area (Å²) in [6.07, 6.45) is -0.622. The number of pyridine rings is 1. The zero-order chi connectivity index (χ0) is 28.3. The molecule has 0 bridgehead atoms. The van der Waals surface area contributed by atoms with Gasteiger partial charge in [-0.05, 0) is 73.0 Å². The normalized spacial score (nSPS) is 15.4. The molecule has 1 saturated heterocycles. The van der Waals surface area contributed by atoms with E-state index in [9.17, 15) is 22.8 Å². The van der Waals surface area contributed by atoms with Crippen LogP contribution in [0.1, 0.15) is 43.2 Å². The fourth-order valence-electron chi connectivity index (χ4n) is 4.67. The van der Waals surface area contributed by atoms with Crippen molar-refractivity contribution < 1.29 is 27.4 Å². The molecule has 4 heterocycles. The van der Waals surface area contributed by atoms with Crippen LogP contribution in [0.3, 0.4) is 0 Å². The molecule has 0 aliphatic carbocycles. The second kappa shape index (κ2) is 9.37. The Morgan fingerprint density at radius 1 is 1.15 bits per heavy atom. The number of ether oxygens (including phenoxy) is 2. The lowest BCUT2D eigenvalue weighted by Crippen LogP contribution is -2.48. The van der Waals surface area contributed by atoms with Crippen LogP contribution in [0.2, 0.25) is 0 Å². The fraction of sp³-hybridized carbons (Fsp3) is 0.370. The molecule has 1 aromatic carbocycles. The van der Waals surface area contributed by atoms with E-state index >= 15 is 0 Å². The first-order valence-corrected chi connectivity index (χ1v) is 12.9. The Bertz CT molecular complexity index is 1640. The number of aryl methyl sites for hydroxylation is 1. The lowest BCUT2D eigenvalue weighted by molar-refractivity contribution is -0.136. The molecule has 1 aliphatic rings. The van der Waals surface area contributed by atoms with Crippen LogP contribution < -0.4 is 5.69 Å². The minimum absolute atomic E-state index is 0.141. The first-order valence-electron chi connectivity index (χ1n) is 12.1. The van der Waals surface area contributed by atoms with Gasteiger partial charge in [-0.15, -0.1) is 0 Å². The van der Waals surface area contributed by atoms with Gasteiger partial charge in [0.1, 0.15) is 5.60 Å². The molecule has 0 saturated carbocycles. The highest BCUT2D eigenvalue weighted by molar-refractivity contribution is 9.10. The van der Waals surface area contributed by atoms with E-state index in [0.29, 0.717) is 31.0 Å². The standard InChI is InChI=1S/C27H26BrF3N4O4/c1-16-11-35(24(37)39-25(2,3)4)32-21(16)10-26(14-38-15-26)17-6-5-7-19(8-17)33-13-22-20(27(29,30)31)9-18(28)12-34(22)23(33)36/h5-9,11-13H,10,14-15H2,1-4H3. The molecular formula is C27H26BrF3N4O4. The molecule has 1 fully saturated rings. The maximum Gasteiger partial charge on any atom is 0.435 e. The van der Waals surface area contributed by atoms with Crippen molar-refractivity contribution in [1.82, 2.24) is 18.7 Å². The van der Waals surface area contributed by atoms with Crippen LogP contribution in [0.4, 0.5) is 18.0 Å². The summed E-state index contributed by atoms with van der Waals surface area (Å²) in [4.78, 5) is 25.7. The molecule has 0 spiro atoms. The topological polar surface area (TPSA) is 79.8 Å². The van der Waals surface area contributed by atoms with Crippen LogP contribution in [0.25, 0.3) is 11.2 Å². The van der Waals surface area contributed by atoms with E-state index in [2.05, 4.69) is 21.0 Å². The smallest absolute Gasteiger partial charge is 0.435 e. The number of aromatic nitrogens is 4.